The van der Waals surface area contributed by atoms with Crippen LogP contribution in [0.2, 0.25) is 0 Å². The molecule has 0 aliphatic carbocycles. The smallest absolute Gasteiger partial charge is 0.417 e. The van der Waals surface area contributed by atoms with Crippen molar-refractivity contribution in [3.63, 3.8) is 0 Å². The van der Waals surface area contributed by atoms with Gasteiger partial charge in [-0.3, -0.25) is 0 Å². The maximum Gasteiger partial charge on any atom is 0.417 e. The second-order valence-corrected chi connectivity index (χ2v) is 6.95. The number of methoxy groups -OCH3 is 1. The highest BCUT2D eigenvalue weighted by atomic mass is 32.2. The fraction of sp³-hybridized carbons (Fsp3) is 0.143. The van der Waals surface area contributed by atoms with E-state index in [9.17, 15) is 22.8 Å². The molecule has 2 aromatic carbocycles. The summed E-state index contributed by atoms with van der Waals surface area (Å²) in [4.78, 5) is 4.30. The normalized spacial score (nSPS) is 11.2. The van der Waals surface area contributed by atoms with E-state index >= 15 is 0 Å². The molecule has 3 nitrogen and oxygen atoms in total. The minimum Gasteiger partial charge on any atom is -0.497 e. The summed E-state index contributed by atoms with van der Waals surface area (Å²) in [6.07, 6.45) is -4.71. The number of thioether (sulfide) groups is 1. The van der Waals surface area contributed by atoms with Gasteiger partial charge in [-0.1, -0.05) is 12.1 Å². The van der Waals surface area contributed by atoms with Gasteiger partial charge in [0.25, 0.3) is 0 Å². The number of hydrogen-bond donors (Lipinski definition) is 0. The molecule has 0 saturated heterocycles. The minimum absolute atomic E-state index is 0.0301. The van der Waals surface area contributed by atoms with E-state index in [4.69, 9.17) is 4.74 Å². The molecule has 29 heavy (non-hydrogen) atoms. The third-order valence-electron chi connectivity index (χ3n) is 4.08. The molecule has 0 fully saturated rings. The van der Waals surface area contributed by atoms with Crippen LogP contribution in [0.1, 0.15) is 16.7 Å². The van der Waals surface area contributed by atoms with Gasteiger partial charge >= 0.3 is 6.18 Å². The van der Waals surface area contributed by atoms with Crippen LogP contribution in [0.15, 0.2) is 59.6 Å². The van der Waals surface area contributed by atoms with Crippen molar-refractivity contribution < 1.29 is 22.3 Å². The number of halogens is 4. The molecule has 0 N–H and O–H groups in total. The van der Waals surface area contributed by atoms with E-state index in [1.807, 2.05) is 0 Å². The molecular weight excluding hydrogens is 404 g/mol. The van der Waals surface area contributed by atoms with Crippen molar-refractivity contribution in [2.24, 2.45) is 0 Å². The summed E-state index contributed by atoms with van der Waals surface area (Å²) in [5.74, 6) is 0.394. The summed E-state index contributed by atoms with van der Waals surface area (Å²) in [5.41, 5.74) is -0.306. The van der Waals surface area contributed by atoms with Crippen molar-refractivity contribution in [2.75, 3.05) is 7.11 Å². The quantitative estimate of drug-likeness (QED) is 0.372. The van der Waals surface area contributed by atoms with Crippen molar-refractivity contribution in [1.29, 1.82) is 5.26 Å². The molecule has 0 saturated carbocycles. The Hall–Kier alpha value is -3.05. The van der Waals surface area contributed by atoms with E-state index in [-0.39, 0.29) is 16.5 Å². The Labute approximate surface area is 169 Å². The number of rotatable bonds is 5. The van der Waals surface area contributed by atoms with Gasteiger partial charge in [-0.05, 0) is 48.0 Å². The minimum atomic E-state index is -4.71. The van der Waals surface area contributed by atoms with Crippen LogP contribution in [0, 0.1) is 17.1 Å². The van der Waals surface area contributed by atoms with Crippen molar-refractivity contribution in [2.45, 2.75) is 17.0 Å². The monoisotopic (exact) mass is 418 g/mol. The Morgan fingerprint density at radius 3 is 2.28 bits per heavy atom. The van der Waals surface area contributed by atoms with Crippen LogP contribution in [0.4, 0.5) is 17.6 Å². The molecule has 1 aromatic heterocycles. The largest absolute Gasteiger partial charge is 0.497 e. The molecule has 0 aliphatic rings. The van der Waals surface area contributed by atoms with Crippen molar-refractivity contribution >= 4 is 11.8 Å². The first-order chi connectivity index (χ1) is 13.8. The first-order valence-corrected chi connectivity index (χ1v) is 9.34. The zero-order valence-electron chi connectivity index (χ0n) is 15.1. The second kappa shape index (κ2) is 8.53. The number of ether oxygens (including phenoxy) is 1. The van der Waals surface area contributed by atoms with Gasteiger partial charge in [0.1, 0.15) is 22.7 Å². The fourth-order valence-corrected chi connectivity index (χ4v) is 3.56. The van der Waals surface area contributed by atoms with Gasteiger partial charge < -0.3 is 4.74 Å². The number of pyridine rings is 1. The van der Waals surface area contributed by atoms with Crippen molar-refractivity contribution in [1.82, 2.24) is 4.98 Å². The number of benzene rings is 2. The fourth-order valence-electron chi connectivity index (χ4n) is 2.60. The van der Waals surface area contributed by atoms with Gasteiger partial charge in [-0.25, -0.2) is 9.37 Å². The van der Waals surface area contributed by atoms with Gasteiger partial charge in [-0.15, -0.1) is 11.8 Å². The lowest BCUT2D eigenvalue weighted by atomic mass is 10.1. The molecule has 1 heterocycles. The van der Waals surface area contributed by atoms with E-state index < -0.39 is 23.1 Å². The summed E-state index contributed by atoms with van der Waals surface area (Å²) in [7, 11) is 1.49. The average Bonchev–Trinajstić information content (AvgIpc) is 2.72. The number of aromatic nitrogens is 1. The highest BCUT2D eigenvalue weighted by Gasteiger charge is 2.36. The summed E-state index contributed by atoms with van der Waals surface area (Å²) in [6, 6.07) is 14.5. The predicted molar refractivity (Wildman–Crippen MR) is 102 cm³/mol. The highest BCUT2D eigenvalue weighted by Crippen LogP contribution is 2.38. The van der Waals surface area contributed by atoms with Crippen LogP contribution in [0.3, 0.4) is 0 Å². The Morgan fingerprint density at radius 2 is 1.72 bits per heavy atom. The van der Waals surface area contributed by atoms with Crippen LogP contribution in [-0.2, 0) is 11.9 Å². The molecule has 8 heteroatoms. The third-order valence-corrected chi connectivity index (χ3v) is 5.12. The molecule has 0 atom stereocenters. The van der Waals surface area contributed by atoms with Crippen LogP contribution in [-0.4, -0.2) is 12.1 Å². The molecule has 148 valence electrons. The first-order valence-electron chi connectivity index (χ1n) is 8.36. The summed E-state index contributed by atoms with van der Waals surface area (Å²) in [6.45, 7) is 0. The van der Waals surface area contributed by atoms with Gasteiger partial charge in [0.05, 0.1) is 23.9 Å². The van der Waals surface area contributed by atoms with Gasteiger partial charge in [0.2, 0.25) is 0 Å². The van der Waals surface area contributed by atoms with Crippen LogP contribution in [0.5, 0.6) is 5.75 Å². The topological polar surface area (TPSA) is 45.9 Å². The molecule has 3 rings (SSSR count). The molecule has 3 aromatic rings. The van der Waals surface area contributed by atoms with E-state index in [0.29, 0.717) is 16.9 Å². The first kappa shape index (κ1) is 20.7. The molecule has 0 bridgehead atoms. The molecule has 0 aliphatic heterocycles. The maximum absolute atomic E-state index is 13.6. The van der Waals surface area contributed by atoms with Crippen molar-refractivity contribution in [3.05, 3.63) is 77.1 Å². The molecule has 0 unspecified atom stereocenters. The number of hydrogen-bond acceptors (Lipinski definition) is 4. The Morgan fingerprint density at radius 1 is 1.07 bits per heavy atom. The van der Waals surface area contributed by atoms with Gasteiger partial charge in [0.15, 0.2) is 0 Å². The SMILES string of the molecule is COc1ccc(-c2cc(C(F)(F)F)c(C#N)c(SCc3ccc(F)cc3)n2)cc1. The highest BCUT2D eigenvalue weighted by molar-refractivity contribution is 7.98. The van der Waals surface area contributed by atoms with Crippen LogP contribution in [0.25, 0.3) is 11.3 Å². The number of nitrogens with zero attached hydrogens (tertiary/aromatic N) is 2. The van der Waals surface area contributed by atoms with Gasteiger partial charge in [-0.2, -0.15) is 18.4 Å². The van der Waals surface area contributed by atoms with E-state index in [2.05, 4.69) is 4.98 Å². The lowest BCUT2D eigenvalue weighted by molar-refractivity contribution is -0.138. The van der Waals surface area contributed by atoms with E-state index in [1.165, 1.54) is 31.4 Å². The van der Waals surface area contributed by atoms with E-state index in [0.717, 1.165) is 17.8 Å². The Balaban J connectivity index is 2.04. The average molecular weight is 418 g/mol. The summed E-state index contributed by atoms with van der Waals surface area (Å²) < 4.78 is 58.9. The Bertz CT molecular complexity index is 1040. The number of nitriles is 1. The van der Waals surface area contributed by atoms with Crippen LogP contribution >= 0.6 is 11.8 Å². The molecule has 0 spiro atoms. The second-order valence-electron chi connectivity index (χ2n) is 5.99. The lowest BCUT2D eigenvalue weighted by Gasteiger charge is -2.14. The predicted octanol–water partition coefficient (Wildman–Crippen LogP) is 6.08. The van der Waals surface area contributed by atoms with Gasteiger partial charge in [0, 0.05) is 11.3 Å². The van der Waals surface area contributed by atoms with Crippen molar-refractivity contribution in [3.8, 4) is 23.1 Å². The summed E-state index contributed by atoms with van der Waals surface area (Å²) >= 11 is 0.997. The molecule has 0 radical (unpaired) electrons. The zero-order chi connectivity index (χ0) is 21.0. The number of alkyl halides is 3. The lowest BCUT2D eigenvalue weighted by Crippen LogP contribution is -2.10. The molecular formula is C21H14F4N2OS. The maximum atomic E-state index is 13.6. The summed E-state index contributed by atoms with van der Waals surface area (Å²) in [5, 5.41) is 9.33. The standard InChI is InChI=1S/C21H14F4N2OS/c1-28-16-8-4-14(5-9-16)19-10-18(21(23,24)25)17(11-26)20(27-19)29-12-13-2-6-15(22)7-3-13/h2-10H,12H2,1H3. The Kier molecular flexibility index (Phi) is 6.09. The molecule has 0 amide bonds. The zero-order valence-corrected chi connectivity index (χ0v) is 15.9. The third kappa shape index (κ3) is 4.87. The van der Waals surface area contributed by atoms with E-state index in [1.54, 1.807) is 30.3 Å². The van der Waals surface area contributed by atoms with Crippen LogP contribution < -0.4 is 4.74 Å².